The standard InChI is InChI=1S/C22H29FN4O6S/c1-31-19-14-17(15-20(32-2)21(19)33-3)25-22(28)24-8-13-34(29,30)27-11-9-26(10-12-27)18-6-4-16(23)5-7-18/h4-7,14-15H,8-13H2,1-3H3,(H2,24,25,28). The van der Waals surface area contributed by atoms with Gasteiger partial charge in [0.25, 0.3) is 0 Å². The Labute approximate surface area is 198 Å². The highest BCUT2D eigenvalue weighted by Crippen LogP contribution is 2.39. The van der Waals surface area contributed by atoms with Crippen molar-refractivity contribution >= 4 is 27.4 Å². The number of nitrogens with zero attached hydrogens (tertiary/aromatic N) is 2. The van der Waals surface area contributed by atoms with Gasteiger partial charge in [-0.15, -0.1) is 0 Å². The predicted octanol–water partition coefficient (Wildman–Crippen LogP) is 2.12. The normalized spacial score (nSPS) is 14.4. The maximum absolute atomic E-state index is 13.1. The molecule has 1 aliphatic rings. The molecule has 1 heterocycles. The van der Waals surface area contributed by atoms with E-state index in [4.69, 9.17) is 14.2 Å². The summed E-state index contributed by atoms with van der Waals surface area (Å²) in [6.45, 7) is 1.57. The van der Waals surface area contributed by atoms with Crippen LogP contribution in [-0.2, 0) is 10.0 Å². The number of nitrogens with one attached hydrogen (secondary N) is 2. The van der Waals surface area contributed by atoms with Crippen LogP contribution in [0.3, 0.4) is 0 Å². The van der Waals surface area contributed by atoms with E-state index >= 15 is 0 Å². The lowest BCUT2D eigenvalue weighted by Crippen LogP contribution is -2.50. The van der Waals surface area contributed by atoms with Crippen LogP contribution < -0.4 is 29.7 Å². The van der Waals surface area contributed by atoms with E-state index in [1.165, 1.54) is 37.8 Å². The van der Waals surface area contributed by atoms with Gasteiger partial charge in [-0.25, -0.2) is 17.6 Å². The van der Waals surface area contributed by atoms with Gasteiger partial charge in [-0.3, -0.25) is 0 Å². The van der Waals surface area contributed by atoms with Crippen LogP contribution in [0, 0.1) is 5.82 Å². The number of benzene rings is 2. The number of carbonyl (C=O) groups is 1. The van der Waals surface area contributed by atoms with Crippen molar-refractivity contribution in [2.45, 2.75) is 0 Å². The minimum Gasteiger partial charge on any atom is -0.493 e. The summed E-state index contributed by atoms with van der Waals surface area (Å²) in [5, 5.41) is 5.18. The van der Waals surface area contributed by atoms with Crippen LogP contribution in [0.5, 0.6) is 17.2 Å². The van der Waals surface area contributed by atoms with Gasteiger partial charge < -0.3 is 29.7 Å². The minimum atomic E-state index is -3.55. The number of rotatable bonds is 9. The van der Waals surface area contributed by atoms with Gasteiger partial charge in [-0.2, -0.15) is 4.31 Å². The zero-order valence-corrected chi connectivity index (χ0v) is 20.2. The second-order valence-electron chi connectivity index (χ2n) is 7.47. The maximum Gasteiger partial charge on any atom is 0.319 e. The molecule has 2 N–H and O–H groups in total. The van der Waals surface area contributed by atoms with E-state index in [1.54, 1.807) is 24.3 Å². The first-order chi connectivity index (χ1) is 16.3. The van der Waals surface area contributed by atoms with Crippen LogP contribution >= 0.6 is 0 Å². The van der Waals surface area contributed by atoms with Crippen LogP contribution in [0.2, 0.25) is 0 Å². The summed E-state index contributed by atoms with van der Waals surface area (Å²) in [5.41, 5.74) is 1.25. The van der Waals surface area contributed by atoms with Gasteiger partial charge in [-0.05, 0) is 24.3 Å². The zero-order chi connectivity index (χ0) is 24.7. The summed E-state index contributed by atoms with van der Waals surface area (Å²) >= 11 is 0. The Hall–Kier alpha value is -3.25. The van der Waals surface area contributed by atoms with Crippen molar-refractivity contribution in [3.8, 4) is 17.2 Å². The van der Waals surface area contributed by atoms with Gasteiger partial charge in [0, 0.05) is 50.5 Å². The number of carbonyl (C=O) groups excluding carboxylic acids is 1. The topological polar surface area (TPSA) is 109 Å². The summed E-state index contributed by atoms with van der Waals surface area (Å²) in [6, 6.07) is 8.69. The lowest BCUT2D eigenvalue weighted by molar-refractivity contribution is 0.252. The number of methoxy groups -OCH3 is 3. The molecule has 0 saturated carbocycles. The minimum absolute atomic E-state index is 0.0588. The quantitative estimate of drug-likeness (QED) is 0.547. The number of ether oxygens (including phenoxy) is 3. The van der Waals surface area contributed by atoms with Crippen LogP contribution in [0.25, 0.3) is 0 Å². The number of piperazine rings is 1. The van der Waals surface area contributed by atoms with E-state index < -0.39 is 16.1 Å². The Kier molecular flexibility index (Phi) is 8.40. The fourth-order valence-electron chi connectivity index (χ4n) is 3.63. The molecular formula is C22H29FN4O6S. The first-order valence-corrected chi connectivity index (χ1v) is 12.2. The Morgan fingerprint density at radius 2 is 1.56 bits per heavy atom. The van der Waals surface area contributed by atoms with Crippen molar-refractivity contribution < 1.29 is 31.8 Å². The number of halogens is 1. The van der Waals surface area contributed by atoms with E-state index in [-0.39, 0.29) is 18.1 Å². The number of urea groups is 1. The van der Waals surface area contributed by atoms with Crippen molar-refractivity contribution in [2.24, 2.45) is 0 Å². The largest absolute Gasteiger partial charge is 0.493 e. The molecule has 186 valence electrons. The van der Waals surface area contributed by atoms with E-state index in [1.807, 2.05) is 4.90 Å². The van der Waals surface area contributed by atoms with Crippen LogP contribution in [0.15, 0.2) is 36.4 Å². The molecule has 1 fully saturated rings. The van der Waals surface area contributed by atoms with E-state index in [9.17, 15) is 17.6 Å². The summed E-state index contributed by atoms with van der Waals surface area (Å²) in [6.07, 6.45) is 0. The molecule has 1 saturated heterocycles. The summed E-state index contributed by atoms with van der Waals surface area (Å²) in [7, 11) is 0.856. The number of anilines is 2. The van der Waals surface area contributed by atoms with Crippen molar-refractivity contribution in [3.05, 3.63) is 42.2 Å². The third kappa shape index (κ3) is 6.20. The molecule has 2 aromatic carbocycles. The molecule has 0 bridgehead atoms. The number of sulfonamides is 1. The Bertz CT molecular complexity index is 1060. The molecule has 3 rings (SSSR count). The van der Waals surface area contributed by atoms with Crippen molar-refractivity contribution in [3.63, 3.8) is 0 Å². The average molecular weight is 497 g/mol. The third-order valence-corrected chi connectivity index (χ3v) is 7.26. The molecule has 0 spiro atoms. The fourth-order valence-corrected chi connectivity index (χ4v) is 4.97. The molecule has 0 aliphatic carbocycles. The molecule has 0 atom stereocenters. The maximum atomic E-state index is 13.1. The van der Waals surface area contributed by atoms with Gasteiger partial charge in [0.1, 0.15) is 5.82 Å². The van der Waals surface area contributed by atoms with Crippen LogP contribution in [0.1, 0.15) is 0 Å². The predicted molar refractivity (Wildman–Crippen MR) is 127 cm³/mol. The summed E-state index contributed by atoms with van der Waals surface area (Å²) in [5.74, 6) is 0.596. The van der Waals surface area contributed by atoms with Gasteiger partial charge in [-0.1, -0.05) is 0 Å². The molecule has 0 radical (unpaired) electrons. The van der Waals surface area contributed by atoms with Gasteiger partial charge in [0.05, 0.1) is 32.8 Å². The number of hydrogen-bond donors (Lipinski definition) is 2. The molecule has 2 amide bonds. The smallest absolute Gasteiger partial charge is 0.319 e. The fraction of sp³-hybridized carbons (Fsp3) is 0.409. The summed E-state index contributed by atoms with van der Waals surface area (Å²) < 4.78 is 55.7. The van der Waals surface area contributed by atoms with Gasteiger partial charge >= 0.3 is 6.03 Å². The SMILES string of the molecule is COc1cc(NC(=O)NCCS(=O)(=O)N2CCN(c3ccc(F)cc3)CC2)cc(OC)c1OC. The van der Waals surface area contributed by atoms with Crippen molar-refractivity contribution in [2.75, 3.05) is 70.0 Å². The Morgan fingerprint density at radius 1 is 0.971 bits per heavy atom. The lowest BCUT2D eigenvalue weighted by atomic mass is 10.2. The second kappa shape index (κ2) is 11.3. The first-order valence-electron chi connectivity index (χ1n) is 10.6. The molecule has 1 aliphatic heterocycles. The lowest BCUT2D eigenvalue weighted by Gasteiger charge is -2.35. The highest BCUT2D eigenvalue weighted by Gasteiger charge is 2.27. The Balaban J connectivity index is 1.49. The average Bonchev–Trinajstić information content (AvgIpc) is 2.83. The number of hydrogen-bond acceptors (Lipinski definition) is 7. The van der Waals surface area contributed by atoms with Gasteiger partial charge in [0.2, 0.25) is 15.8 Å². The first kappa shape index (κ1) is 25.4. The second-order valence-corrected chi connectivity index (χ2v) is 9.56. The van der Waals surface area contributed by atoms with E-state index in [2.05, 4.69) is 10.6 Å². The highest BCUT2D eigenvalue weighted by atomic mass is 32.2. The molecule has 10 nitrogen and oxygen atoms in total. The summed E-state index contributed by atoms with van der Waals surface area (Å²) in [4.78, 5) is 14.3. The molecule has 34 heavy (non-hydrogen) atoms. The third-order valence-electron chi connectivity index (χ3n) is 5.39. The molecule has 2 aromatic rings. The molecule has 0 unspecified atom stereocenters. The molecule has 0 aromatic heterocycles. The van der Waals surface area contributed by atoms with E-state index in [0.29, 0.717) is 49.1 Å². The molecule has 12 heteroatoms. The van der Waals surface area contributed by atoms with Crippen LogP contribution in [-0.4, -0.2) is 78.6 Å². The van der Waals surface area contributed by atoms with Gasteiger partial charge in [0.15, 0.2) is 11.5 Å². The van der Waals surface area contributed by atoms with Crippen molar-refractivity contribution in [1.29, 1.82) is 0 Å². The van der Waals surface area contributed by atoms with Crippen LogP contribution in [0.4, 0.5) is 20.6 Å². The number of amides is 2. The Morgan fingerprint density at radius 3 is 2.09 bits per heavy atom. The zero-order valence-electron chi connectivity index (χ0n) is 19.3. The van der Waals surface area contributed by atoms with Crippen molar-refractivity contribution in [1.82, 2.24) is 9.62 Å². The highest BCUT2D eigenvalue weighted by molar-refractivity contribution is 7.89. The van der Waals surface area contributed by atoms with E-state index in [0.717, 1.165) is 5.69 Å². The molecular weight excluding hydrogens is 467 g/mol. The monoisotopic (exact) mass is 496 g/mol.